The second-order valence-electron chi connectivity index (χ2n) is 6.76. The molecule has 0 fully saturated rings. The van der Waals surface area contributed by atoms with Gasteiger partial charge in [-0.1, -0.05) is 54.6 Å². The first-order valence-corrected chi connectivity index (χ1v) is 9.85. The third-order valence-electron chi connectivity index (χ3n) is 4.22. The molecule has 0 aromatic heterocycles. The molecule has 0 bridgehead atoms. The van der Waals surface area contributed by atoms with E-state index in [1.165, 1.54) is 0 Å². The van der Waals surface area contributed by atoms with E-state index in [9.17, 15) is 18.3 Å². The summed E-state index contributed by atoms with van der Waals surface area (Å²) in [6.07, 6.45) is -4.32. The van der Waals surface area contributed by atoms with E-state index < -0.39 is 18.9 Å². The van der Waals surface area contributed by atoms with E-state index in [2.05, 4.69) is 20.4 Å². The van der Waals surface area contributed by atoms with Crippen LogP contribution < -0.4 is 10.6 Å². The average Bonchev–Trinajstić information content (AvgIpc) is 2.72. The first kappa shape index (κ1) is 27.2. The number of nitrogens with zero attached hydrogens (tertiary/aromatic N) is 1. The molecule has 0 amide bonds. The molecule has 0 aliphatic rings. The number of hydrogen-bond acceptors (Lipinski definition) is 3. The Morgan fingerprint density at radius 3 is 2.29 bits per heavy atom. The molecule has 5 nitrogen and oxygen atoms in total. The highest BCUT2D eigenvalue weighted by Crippen LogP contribution is 2.16. The quantitative estimate of drug-likeness (QED) is 0.230. The van der Waals surface area contributed by atoms with Gasteiger partial charge in [0.15, 0.2) is 5.96 Å². The summed E-state index contributed by atoms with van der Waals surface area (Å²) in [6.45, 7) is 2.29. The number of aliphatic imine (C=N–C) groups is 1. The summed E-state index contributed by atoms with van der Waals surface area (Å²) in [5.74, 6) is 0.635. The maximum absolute atomic E-state index is 12.1. The summed E-state index contributed by atoms with van der Waals surface area (Å²) in [4.78, 5) is 4.51. The fourth-order valence-electron chi connectivity index (χ4n) is 2.71. The predicted octanol–water partition coefficient (Wildman–Crippen LogP) is 4.56. The fraction of sp³-hybridized carbons (Fsp3) is 0.409. The number of rotatable bonds is 10. The number of ether oxygens (including phenoxy) is 1. The van der Waals surface area contributed by atoms with E-state index in [1.807, 2.05) is 49.4 Å². The number of aliphatic hydroxyl groups excluding tert-OH is 1. The molecule has 9 heteroatoms. The Kier molecular flexibility index (Phi) is 12.5. The topological polar surface area (TPSA) is 65.9 Å². The minimum Gasteiger partial charge on any atom is -0.388 e. The number of benzene rings is 2. The second-order valence-corrected chi connectivity index (χ2v) is 6.76. The van der Waals surface area contributed by atoms with Crippen molar-refractivity contribution in [1.82, 2.24) is 10.6 Å². The Morgan fingerprint density at radius 1 is 1.03 bits per heavy atom. The number of nitrogens with one attached hydrogen (secondary N) is 2. The molecule has 0 saturated carbocycles. The number of halogens is 4. The third kappa shape index (κ3) is 11.4. The van der Waals surface area contributed by atoms with Crippen molar-refractivity contribution >= 4 is 29.9 Å². The molecule has 2 aromatic rings. The van der Waals surface area contributed by atoms with Crippen LogP contribution in [-0.2, 0) is 17.9 Å². The number of hydrogen-bond donors (Lipinski definition) is 3. The Hall–Kier alpha value is -1.85. The molecule has 3 N–H and O–H groups in total. The van der Waals surface area contributed by atoms with Gasteiger partial charge < -0.3 is 20.5 Å². The van der Waals surface area contributed by atoms with Crippen molar-refractivity contribution in [2.24, 2.45) is 4.99 Å². The van der Waals surface area contributed by atoms with Gasteiger partial charge in [-0.15, -0.1) is 24.0 Å². The van der Waals surface area contributed by atoms with Gasteiger partial charge >= 0.3 is 6.18 Å². The van der Waals surface area contributed by atoms with Crippen molar-refractivity contribution in [3.8, 4) is 0 Å². The van der Waals surface area contributed by atoms with E-state index in [0.29, 0.717) is 37.6 Å². The van der Waals surface area contributed by atoms with E-state index in [1.54, 1.807) is 12.1 Å². The molecular formula is C22H29F3IN3O2. The van der Waals surface area contributed by atoms with Crippen LogP contribution in [0.5, 0.6) is 0 Å². The molecule has 2 aromatic carbocycles. The second kappa shape index (κ2) is 14.3. The lowest BCUT2D eigenvalue weighted by atomic mass is 10.1. The van der Waals surface area contributed by atoms with Crippen molar-refractivity contribution in [1.29, 1.82) is 0 Å². The molecule has 0 aliphatic heterocycles. The highest BCUT2D eigenvalue weighted by atomic mass is 127. The molecule has 0 heterocycles. The maximum atomic E-state index is 12.1. The minimum atomic E-state index is -4.32. The van der Waals surface area contributed by atoms with Crippen LogP contribution in [-0.4, -0.2) is 36.9 Å². The van der Waals surface area contributed by atoms with E-state index in [0.717, 1.165) is 11.1 Å². The first-order valence-electron chi connectivity index (χ1n) is 9.85. The Morgan fingerprint density at radius 2 is 1.68 bits per heavy atom. The van der Waals surface area contributed by atoms with Gasteiger partial charge in [-0.2, -0.15) is 13.2 Å². The van der Waals surface area contributed by atoms with Gasteiger partial charge in [0.2, 0.25) is 0 Å². The van der Waals surface area contributed by atoms with Gasteiger partial charge in [-0.05, 0) is 30.0 Å². The van der Waals surface area contributed by atoms with E-state index >= 15 is 0 Å². The molecule has 0 spiro atoms. The summed E-state index contributed by atoms with van der Waals surface area (Å²) < 4.78 is 41.0. The molecule has 1 atom stereocenters. The minimum absolute atomic E-state index is 0. The lowest BCUT2D eigenvalue weighted by molar-refractivity contribution is -0.176. The molecule has 0 saturated heterocycles. The third-order valence-corrected chi connectivity index (χ3v) is 4.22. The van der Waals surface area contributed by atoms with Gasteiger partial charge in [-0.25, -0.2) is 4.99 Å². The zero-order valence-electron chi connectivity index (χ0n) is 17.4. The molecule has 0 aliphatic carbocycles. The molecule has 172 valence electrons. The van der Waals surface area contributed by atoms with Crippen molar-refractivity contribution in [3.05, 3.63) is 71.3 Å². The first-order chi connectivity index (χ1) is 14.4. The van der Waals surface area contributed by atoms with Crippen LogP contribution in [0, 0.1) is 0 Å². The molecular weight excluding hydrogens is 522 g/mol. The lowest BCUT2D eigenvalue weighted by Gasteiger charge is -2.14. The van der Waals surface area contributed by atoms with Crippen molar-refractivity contribution in [3.63, 3.8) is 0 Å². The summed E-state index contributed by atoms with van der Waals surface area (Å²) in [7, 11) is 0. The van der Waals surface area contributed by atoms with Crippen molar-refractivity contribution in [2.45, 2.75) is 38.8 Å². The normalized spacial score (nSPS) is 12.7. The van der Waals surface area contributed by atoms with Crippen LogP contribution >= 0.6 is 24.0 Å². The van der Waals surface area contributed by atoms with Gasteiger partial charge in [-0.3, -0.25) is 0 Å². The molecule has 31 heavy (non-hydrogen) atoms. The van der Waals surface area contributed by atoms with Gasteiger partial charge in [0, 0.05) is 13.1 Å². The van der Waals surface area contributed by atoms with Crippen LogP contribution in [0.25, 0.3) is 0 Å². The van der Waals surface area contributed by atoms with Gasteiger partial charge in [0.05, 0.1) is 19.3 Å². The lowest BCUT2D eigenvalue weighted by Crippen LogP contribution is -2.38. The smallest absolute Gasteiger partial charge is 0.388 e. The van der Waals surface area contributed by atoms with Crippen molar-refractivity contribution < 1.29 is 23.0 Å². The number of aliphatic hydroxyl groups is 1. The summed E-state index contributed by atoms with van der Waals surface area (Å²) in [5.41, 5.74) is 2.48. The van der Waals surface area contributed by atoms with E-state index in [-0.39, 0.29) is 30.6 Å². The van der Waals surface area contributed by atoms with Gasteiger partial charge in [0.25, 0.3) is 0 Å². The van der Waals surface area contributed by atoms with Crippen LogP contribution in [0.2, 0.25) is 0 Å². The zero-order valence-corrected chi connectivity index (χ0v) is 19.7. The maximum Gasteiger partial charge on any atom is 0.411 e. The van der Waals surface area contributed by atoms with Crippen LogP contribution in [0.1, 0.15) is 36.1 Å². The van der Waals surface area contributed by atoms with Crippen LogP contribution in [0.15, 0.2) is 59.6 Å². The standard InChI is InChI=1S/C22H28F3N3O2.HI/c1-2-26-21(27-13-12-20(29)19-6-4-3-5-7-19)28-14-17-8-10-18(11-9-17)15-30-16-22(23,24)25;/h3-11,20,29H,2,12-16H2,1H3,(H2,26,27,28);1H. The highest BCUT2D eigenvalue weighted by molar-refractivity contribution is 14.0. The fourth-order valence-corrected chi connectivity index (χ4v) is 2.71. The van der Waals surface area contributed by atoms with Gasteiger partial charge in [0.1, 0.15) is 6.61 Å². The monoisotopic (exact) mass is 551 g/mol. The summed E-state index contributed by atoms with van der Waals surface area (Å²) in [5, 5.41) is 16.6. The Labute approximate surface area is 198 Å². The average molecular weight is 551 g/mol. The highest BCUT2D eigenvalue weighted by Gasteiger charge is 2.27. The summed E-state index contributed by atoms with van der Waals surface area (Å²) >= 11 is 0. The van der Waals surface area contributed by atoms with E-state index in [4.69, 9.17) is 0 Å². The Bertz CT molecular complexity index is 772. The Balaban J connectivity index is 0.00000480. The van der Waals surface area contributed by atoms with Crippen LogP contribution in [0.4, 0.5) is 13.2 Å². The SMILES string of the molecule is CCNC(=NCc1ccc(COCC(F)(F)F)cc1)NCCC(O)c1ccccc1.I. The van der Waals surface area contributed by atoms with Crippen LogP contribution in [0.3, 0.4) is 0 Å². The predicted molar refractivity (Wildman–Crippen MR) is 126 cm³/mol. The molecule has 0 radical (unpaired) electrons. The number of guanidine groups is 1. The summed E-state index contributed by atoms with van der Waals surface area (Å²) in [6, 6.07) is 16.6. The largest absolute Gasteiger partial charge is 0.411 e. The molecule has 2 rings (SSSR count). The van der Waals surface area contributed by atoms with Crippen molar-refractivity contribution in [2.75, 3.05) is 19.7 Å². The number of alkyl halides is 3. The molecule has 1 unspecified atom stereocenters. The zero-order chi connectivity index (χ0) is 21.8.